The fourth-order valence-electron chi connectivity index (χ4n) is 2.86. The summed E-state index contributed by atoms with van der Waals surface area (Å²) in [6.07, 6.45) is 3.54. The number of amides is 2. The number of halogens is 1. The van der Waals surface area contributed by atoms with Gasteiger partial charge in [0.2, 0.25) is 5.91 Å². The van der Waals surface area contributed by atoms with Crippen LogP contribution in [0.1, 0.15) is 25.8 Å². The van der Waals surface area contributed by atoms with Gasteiger partial charge in [0.1, 0.15) is 31.1 Å². The van der Waals surface area contributed by atoms with Crippen LogP contribution >= 0.6 is 0 Å². The van der Waals surface area contributed by atoms with Gasteiger partial charge in [-0.3, -0.25) is 20.4 Å². The molecule has 1 aliphatic rings. The van der Waals surface area contributed by atoms with E-state index in [0.29, 0.717) is 18.5 Å². The first-order chi connectivity index (χ1) is 11.9. The number of carbonyl (C=O) groups is 2. The van der Waals surface area contributed by atoms with Crippen molar-refractivity contribution in [1.29, 1.82) is 0 Å². The molecule has 0 bridgehead atoms. The lowest BCUT2D eigenvalue weighted by molar-refractivity contribution is -0.914. The van der Waals surface area contributed by atoms with Crippen molar-refractivity contribution >= 4 is 17.9 Å². The largest absolute Gasteiger partial charge is 0.364 e. The fourth-order valence-corrected chi connectivity index (χ4v) is 2.86. The van der Waals surface area contributed by atoms with Crippen molar-refractivity contribution in [2.75, 3.05) is 19.6 Å². The maximum absolute atomic E-state index is 12.8. The number of quaternary nitrogens is 1. The molecule has 1 heterocycles. The zero-order valence-electron chi connectivity index (χ0n) is 14.5. The summed E-state index contributed by atoms with van der Waals surface area (Å²) in [5, 5.41) is 0. The molecule has 0 radical (unpaired) electrons. The molecule has 6 nitrogen and oxygen atoms in total. The molecule has 0 aliphatic carbocycles. The van der Waals surface area contributed by atoms with E-state index in [1.807, 2.05) is 13.8 Å². The Morgan fingerprint density at radius 1 is 1.20 bits per heavy atom. The van der Waals surface area contributed by atoms with E-state index in [4.69, 9.17) is 4.74 Å². The molecule has 0 spiro atoms. The van der Waals surface area contributed by atoms with Gasteiger partial charge in [-0.2, -0.15) is 0 Å². The Morgan fingerprint density at radius 3 is 2.48 bits per heavy atom. The van der Waals surface area contributed by atoms with Crippen LogP contribution in [0, 0.1) is 5.82 Å². The van der Waals surface area contributed by atoms with Crippen LogP contribution in [0.25, 0.3) is 6.08 Å². The molecule has 1 aromatic rings. The van der Waals surface area contributed by atoms with Crippen LogP contribution in [0.3, 0.4) is 0 Å². The van der Waals surface area contributed by atoms with Crippen molar-refractivity contribution in [3.05, 3.63) is 41.7 Å². The molecule has 0 unspecified atom stereocenters. The molecule has 1 aliphatic heterocycles. The van der Waals surface area contributed by atoms with Gasteiger partial charge < -0.3 is 9.64 Å². The number of hydrogen-bond donors (Lipinski definition) is 3. The van der Waals surface area contributed by atoms with Crippen molar-refractivity contribution in [2.45, 2.75) is 32.5 Å². The maximum atomic E-state index is 12.8. The minimum absolute atomic E-state index is 0.193. The second kappa shape index (κ2) is 9.29. The van der Waals surface area contributed by atoms with Gasteiger partial charge in [-0.1, -0.05) is 12.1 Å². The Balaban J connectivity index is 1.67. The third kappa shape index (κ3) is 7.03. The van der Waals surface area contributed by atoms with Gasteiger partial charge in [0.25, 0.3) is 5.91 Å². The molecule has 0 aromatic heterocycles. The third-order valence-corrected chi connectivity index (χ3v) is 3.94. The summed E-state index contributed by atoms with van der Waals surface area (Å²) in [6, 6.07) is 5.75. The summed E-state index contributed by atoms with van der Waals surface area (Å²) in [5.41, 5.74) is 5.43. The molecular weight excluding hydrogens is 325 g/mol. The van der Waals surface area contributed by atoms with Crippen molar-refractivity contribution in [1.82, 2.24) is 10.9 Å². The van der Waals surface area contributed by atoms with E-state index in [9.17, 15) is 14.0 Å². The minimum Gasteiger partial charge on any atom is -0.364 e. The molecule has 7 heteroatoms. The first kappa shape index (κ1) is 19.1. The highest BCUT2D eigenvalue weighted by atomic mass is 19.1. The summed E-state index contributed by atoms with van der Waals surface area (Å²) in [7, 11) is 0. The van der Waals surface area contributed by atoms with Crippen LogP contribution in [0.2, 0.25) is 0 Å². The summed E-state index contributed by atoms with van der Waals surface area (Å²) >= 11 is 0. The average molecular weight is 350 g/mol. The quantitative estimate of drug-likeness (QED) is 0.520. The van der Waals surface area contributed by atoms with Crippen molar-refractivity contribution in [2.24, 2.45) is 0 Å². The molecule has 1 aromatic carbocycles. The maximum Gasteiger partial charge on any atom is 0.262 e. The van der Waals surface area contributed by atoms with Crippen LogP contribution in [0.15, 0.2) is 30.3 Å². The molecule has 1 saturated heterocycles. The molecule has 0 saturated carbocycles. The smallest absolute Gasteiger partial charge is 0.262 e. The Kier molecular flexibility index (Phi) is 7.09. The van der Waals surface area contributed by atoms with Gasteiger partial charge in [-0.15, -0.1) is 0 Å². The molecular formula is C18H25FN3O3+. The molecule has 2 atom stereocenters. The molecule has 2 amide bonds. The fraction of sp³-hybridized carbons (Fsp3) is 0.444. The van der Waals surface area contributed by atoms with Crippen LogP contribution in [0.5, 0.6) is 0 Å². The summed E-state index contributed by atoms with van der Waals surface area (Å²) in [5.74, 6) is -1.01. The second-order valence-electron chi connectivity index (χ2n) is 6.34. The topological polar surface area (TPSA) is 71.9 Å². The summed E-state index contributed by atoms with van der Waals surface area (Å²) in [4.78, 5) is 24.8. The van der Waals surface area contributed by atoms with Crippen LogP contribution in [-0.2, 0) is 14.3 Å². The Labute approximate surface area is 147 Å². The Morgan fingerprint density at radius 2 is 1.84 bits per heavy atom. The summed E-state index contributed by atoms with van der Waals surface area (Å²) in [6.45, 7) is 6.52. The highest BCUT2D eigenvalue weighted by molar-refractivity contribution is 5.93. The SMILES string of the molecule is C[C@@H]1C[NH+](CCC(=O)NNC(=O)/C=C/c2ccc(F)cc2)C[C@@H](C)O1. The molecule has 136 valence electrons. The zero-order chi connectivity index (χ0) is 18.2. The first-order valence-corrected chi connectivity index (χ1v) is 8.44. The van der Waals surface area contributed by atoms with E-state index in [-0.39, 0.29) is 23.9 Å². The van der Waals surface area contributed by atoms with Gasteiger partial charge >= 0.3 is 0 Å². The lowest BCUT2D eigenvalue weighted by Crippen LogP contribution is -3.15. The normalized spacial score (nSPS) is 23.4. The van der Waals surface area contributed by atoms with Crippen LogP contribution < -0.4 is 15.8 Å². The monoisotopic (exact) mass is 350 g/mol. The summed E-state index contributed by atoms with van der Waals surface area (Å²) < 4.78 is 18.5. The number of carbonyl (C=O) groups excluding carboxylic acids is 2. The minimum atomic E-state index is -0.446. The lowest BCUT2D eigenvalue weighted by atomic mass is 10.2. The van der Waals surface area contributed by atoms with Gasteiger partial charge in [0.15, 0.2) is 0 Å². The molecule has 25 heavy (non-hydrogen) atoms. The van der Waals surface area contributed by atoms with Gasteiger partial charge in [0, 0.05) is 6.08 Å². The van der Waals surface area contributed by atoms with Gasteiger partial charge in [-0.05, 0) is 37.6 Å². The number of morpholine rings is 1. The standard InChI is InChI=1S/C18H24FN3O3/c1-13-11-22(12-14(2)25-13)10-9-18(24)21-20-17(23)8-5-15-3-6-16(19)7-4-15/h3-8,13-14H,9-12H2,1-2H3,(H,20,23)(H,21,24)/p+1/b8-5+/t13-,14-/m1/s1. The van der Waals surface area contributed by atoms with Gasteiger partial charge in [0.05, 0.1) is 13.0 Å². The predicted molar refractivity (Wildman–Crippen MR) is 91.9 cm³/mol. The van der Waals surface area contributed by atoms with Crippen molar-refractivity contribution in [3.63, 3.8) is 0 Å². The van der Waals surface area contributed by atoms with Crippen LogP contribution in [-0.4, -0.2) is 43.7 Å². The predicted octanol–water partition coefficient (Wildman–Crippen LogP) is 0.0685. The molecule has 3 N–H and O–H groups in total. The third-order valence-electron chi connectivity index (χ3n) is 3.94. The molecule has 2 rings (SSSR count). The van der Waals surface area contributed by atoms with E-state index < -0.39 is 5.91 Å². The van der Waals surface area contributed by atoms with Crippen molar-refractivity contribution < 1.29 is 23.6 Å². The van der Waals surface area contributed by atoms with Gasteiger partial charge in [-0.25, -0.2) is 4.39 Å². The second-order valence-corrected chi connectivity index (χ2v) is 6.34. The number of benzene rings is 1. The van der Waals surface area contributed by atoms with E-state index in [2.05, 4.69) is 10.9 Å². The van der Waals surface area contributed by atoms with E-state index in [0.717, 1.165) is 13.1 Å². The molecule has 1 fully saturated rings. The van der Waals surface area contributed by atoms with Crippen LogP contribution in [0.4, 0.5) is 4.39 Å². The Bertz CT molecular complexity index is 608. The number of rotatable bonds is 5. The zero-order valence-corrected chi connectivity index (χ0v) is 14.5. The van der Waals surface area contributed by atoms with Crippen molar-refractivity contribution in [3.8, 4) is 0 Å². The van der Waals surface area contributed by atoms with E-state index >= 15 is 0 Å². The Hall–Kier alpha value is -2.25. The lowest BCUT2D eigenvalue weighted by Gasteiger charge is -2.32. The van der Waals surface area contributed by atoms with E-state index in [1.54, 1.807) is 18.2 Å². The number of ether oxygens (including phenoxy) is 1. The number of hydrogen-bond acceptors (Lipinski definition) is 3. The first-order valence-electron chi connectivity index (χ1n) is 8.44. The highest BCUT2D eigenvalue weighted by Gasteiger charge is 2.25. The average Bonchev–Trinajstić information content (AvgIpc) is 2.57. The highest BCUT2D eigenvalue weighted by Crippen LogP contribution is 2.04. The number of hydrazine groups is 1. The van der Waals surface area contributed by atoms with E-state index in [1.165, 1.54) is 23.1 Å². The number of nitrogens with one attached hydrogen (secondary N) is 3.